The van der Waals surface area contributed by atoms with Crippen LogP contribution in [-0.4, -0.2) is 45.3 Å². The molecule has 0 radical (unpaired) electrons. The predicted molar refractivity (Wildman–Crippen MR) is 138 cm³/mol. The molecule has 5 rings (SSSR count). The Labute approximate surface area is 211 Å². The van der Waals surface area contributed by atoms with Gasteiger partial charge in [0.15, 0.2) is 6.19 Å². The number of aryl methyl sites for hydroxylation is 1. The Balaban J connectivity index is 1.60. The number of H-pyrrole nitrogens is 1. The van der Waals surface area contributed by atoms with Gasteiger partial charge in [-0.05, 0) is 56.4 Å². The van der Waals surface area contributed by atoms with Crippen molar-refractivity contribution in [2.75, 3.05) is 11.4 Å². The van der Waals surface area contributed by atoms with Gasteiger partial charge in [-0.25, -0.2) is 0 Å². The van der Waals surface area contributed by atoms with E-state index in [0.29, 0.717) is 24.2 Å². The summed E-state index contributed by atoms with van der Waals surface area (Å²) in [5.74, 6) is -0.461. The molecule has 3 heterocycles. The minimum atomic E-state index is -0.900. The number of nitriles is 1. The number of likely N-dealkylation sites (tertiary alicyclic amines) is 1. The summed E-state index contributed by atoms with van der Waals surface area (Å²) in [6.07, 6.45) is 14.0. The average Bonchev–Trinajstić information content (AvgIpc) is 3.54. The predicted octanol–water partition coefficient (Wildman–Crippen LogP) is 4.34. The Morgan fingerprint density at radius 2 is 2.03 bits per heavy atom. The van der Waals surface area contributed by atoms with Crippen LogP contribution in [-0.2, 0) is 9.59 Å². The molecule has 0 bridgehead atoms. The molecular weight excluding hydrogens is 452 g/mol. The van der Waals surface area contributed by atoms with Gasteiger partial charge in [-0.1, -0.05) is 31.4 Å². The van der Waals surface area contributed by atoms with Crippen LogP contribution in [0.3, 0.4) is 0 Å². The van der Waals surface area contributed by atoms with Crippen LogP contribution in [0.1, 0.15) is 62.1 Å². The van der Waals surface area contributed by atoms with E-state index in [0.717, 1.165) is 48.6 Å². The van der Waals surface area contributed by atoms with Gasteiger partial charge in [0.2, 0.25) is 5.91 Å². The minimum absolute atomic E-state index is 0.0954. The number of hydrogen-bond donors (Lipinski definition) is 2. The average molecular weight is 485 g/mol. The summed E-state index contributed by atoms with van der Waals surface area (Å²) in [5.41, 5.74) is 3.26. The fourth-order valence-corrected chi connectivity index (χ4v) is 5.60. The van der Waals surface area contributed by atoms with E-state index in [1.54, 1.807) is 23.4 Å². The molecular formula is C28H32N6O2. The van der Waals surface area contributed by atoms with Crippen LogP contribution >= 0.6 is 0 Å². The number of anilines is 1. The van der Waals surface area contributed by atoms with E-state index in [4.69, 9.17) is 0 Å². The van der Waals surface area contributed by atoms with Crippen LogP contribution < -0.4 is 10.2 Å². The van der Waals surface area contributed by atoms with Crippen molar-refractivity contribution < 1.29 is 9.59 Å². The number of hydrogen-bond acceptors (Lipinski definition) is 5. The second kappa shape index (κ2) is 10.4. The fraction of sp³-hybridized carbons (Fsp3) is 0.429. The molecule has 3 aromatic rings. The molecule has 1 unspecified atom stereocenters. The molecule has 1 saturated heterocycles. The van der Waals surface area contributed by atoms with Crippen molar-refractivity contribution in [2.24, 2.45) is 0 Å². The van der Waals surface area contributed by atoms with Crippen molar-refractivity contribution >= 4 is 28.4 Å². The van der Waals surface area contributed by atoms with Crippen molar-refractivity contribution in [3.63, 3.8) is 0 Å². The first-order chi connectivity index (χ1) is 17.6. The summed E-state index contributed by atoms with van der Waals surface area (Å²) in [6, 6.07) is 8.01. The van der Waals surface area contributed by atoms with E-state index in [1.165, 1.54) is 11.3 Å². The lowest BCUT2D eigenvalue weighted by Crippen LogP contribution is -2.51. The molecule has 8 heteroatoms. The number of aromatic nitrogens is 2. The zero-order chi connectivity index (χ0) is 25.1. The number of carbonyl (C=O) groups excluding carboxylic acids is 2. The highest BCUT2D eigenvalue weighted by Crippen LogP contribution is 2.34. The zero-order valence-electron chi connectivity index (χ0n) is 20.6. The summed E-state index contributed by atoms with van der Waals surface area (Å²) in [7, 11) is 0. The van der Waals surface area contributed by atoms with Crippen LogP contribution in [0.25, 0.3) is 10.9 Å². The zero-order valence-corrected chi connectivity index (χ0v) is 20.6. The van der Waals surface area contributed by atoms with E-state index < -0.39 is 12.1 Å². The fourth-order valence-electron chi connectivity index (χ4n) is 5.60. The number of aromatic amines is 1. The molecule has 2 amide bonds. The Hall–Kier alpha value is -3.86. The third kappa shape index (κ3) is 4.66. The number of carbonyl (C=O) groups is 2. The van der Waals surface area contributed by atoms with E-state index >= 15 is 0 Å². The maximum atomic E-state index is 14.2. The molecule has 2 aromatic heterocycles. The van der Waals surface area contributed by atoms with Gasteiger partial charge >= 0.3 is 0 Å². The standard InChI is InChI=1S/C28H32N6O2/c1-19-16-31-24-15-22(11-12-23(19)24)34(28(36)25-10-6-14-33(25)18-29)26(20-7-5-13-30-17-20)27(35)32-21-8-3-2-4-9-21/h5,7,11-13,15-17,21,25-26,31H,2-4,6,8-10,14H2,1H3,(H,32,35)/t25-,26?/m1/s1. The van der Waals surface area contributed by atoms with Crippen LogP contribution in [0, 0.1) is 18.4 Å². The third-order valence-electron chi connectivity index (χ3n) is 7.51. The van der Waals surface area contributed by atoms with Gasteiger partial charge in [0.1, 0.15) is 12.1 Å². The molecule has 1 saturated carbocycles. The number of fused-ring (bicyclic) bond motifs is 1. The van der Waals surface area contributed by atoms with Crippen molar-refractivity contribution in [1.82, 2.24) is 20.2 Å². The lowest BCUT2D eigenvalue weighted by atomic mass is 9.94. The largest absolute Gasteiger partial charge is 0.361 e. The topological polar surface area (TPSA) is 105 Å². The highest BCUT2D eigenvalue weighted by atomic mass is 16.2. The summed E-state index contributed by atoms with van der Waals surface area (Å²) >= 11 is 0. The molecule has 1 aliphatic heterocycles. The molecule has 2 aliphatic rings. The first-order valence-electron chi connectivity index (χ1n) is 12.8. The highest BCUT2D eigenvalue weighted by Gasteiger charge is 2.40. The summed E-state index contributed by atoms with van der Waals surface area (Å²) < 4.78 is 0. The molecule has 0 spiro atoms. The Bertz CT molecular complexity index is 1270. The van der Waals surface area contributed by atoms with Gasteiger partial charge in [0.25, 0.3) is 5.91 Å². The van der Waals surface area contributed by atoms with Gasteiger partial charge in [-0.3, -0.25) is 24.4 Å². The lowest BCUT2D eigenvalue weighted by molar-refractivity contribution is -0.128. The quantitative estimate of drug-likeness (QED) is 0.507. The number of nitrogens with zero attached hydrogens (tertiary/aromatic N) is 4. The van der Waals surface area contributed by atoms with Crippen molar-refractivity contribution in [3.8, 4) is 6.19 Å². The molecule has 186 valence electrons. The summed E-state index contributed by atoms with van der Waals surface area (Å²) in [5, 5.41) is 14.0. The van der Waals surface area contributed by atoms with Crippen LogP contribution in [0.2, 0.25) is 0 Å². The second-order valence-corrected chi connectivity index (χ2v) is 9.89. The Morgan fingerprint density at radius 3 is 2.78 bits per heavy atom. The molecule has 2 fully saturated rings. The maximum absolute atomic E-state index is 14.2. The van der Waals surface area contributed by atoms with E-state index in [1.807, 2.05) is 37.4 Å². The van der Waals surface area contributed by atoms with E-state index in [-0.39, 0.29) is 17.9 Å². The lowest BCUT2D eigenvalue weighted by Gasteiger charge is -2.35. The SMILES string of the molecule is Cc1c[nH]c2cc(N(C(=O)[C@H]3CCCN3C#N)C(C(=O)NC3CCCCC3)c3cccnc3)ccc12. The molecule has 8 nitrogen and oxygen atoms in total. The van der Waals surface area contributed by atoms with Crippen LogP contribution in [0.15, 0.2) is 48.9 Å². The van der Waals surface area contributed by atoms with Gasteiger partial charge in [0, 0.05) is 53.3 Å². The van der Waals surface area contributed by atoms with Crippen LogP contribution in [0.4, 0.5) is 5.69 Å². The monoisotopic (exact) mass is 484 g/mol. The third-order valence-corrected chi connectivity index (χ3v) is 7.51. The first-order valence-corrected chi connectivity index (χ1v) is 12.8. The number of pyridine rings is 1. The van der Waals surface area contributed by atoms with Crippen molar-refractivity contribution in [1.29, 1.82) is 5.26 Å². The van der Waals surface area contributed by atoms with Crippen LogP contribution in [0.5, 0.6) is 0 Å². The highest BCUT2D eigenvalue weighted by molar-refractivity contribution is 6.05. The van der Waals surface area contributed by atoms with E-state index in [9.17, 15) is 14.9 Å². The maximum Gasteiger partial charge on any atom is 0.251 e. The second-order valence-electron chi connectivity index (χ2n) is 9.89. The first kappa shape index (κ1) is 23.9. The van der Waals surface area contributed by atoms with Crippen molar-refractivity contribution in [2.45, 2.75) is 70.0 Å². The van der Waals surface area contributed by atoms with Crippen molar-refractivity contribution in [3.05, 3.63) is 60.0 Å². The number of nitrogens with one attached hydrogen (secondary N) is 2. The normalized spacial score (nSPS) is 19.1. The summed E-state index contributed by atoms with van der Waals surface area (Å²) in [6.45, 7) is 2.57. The molecule has 2 N–H and O–H groups in total. The Morgan fingerprint density at radius 1 is 1.19 bits per heavy atom. The number of amides is 2. The molecule has 36 heavy (non-hydrogen) atoms. The van der Waals surface area contributed by atoms with Gasteiger partial charge in [-0.15, -0.1) is 0 Å². The smallest absolute Gasteiger partial charge is 0.251 e. The van der Waals surface area contributed by atoms with Gasteiger partial charge in [-0.2, -0.15) is 5.26 Å². The summed E-state index contributed by atoms with van der Waals surface area (Å²) in [4.78, 5) is 38.8. The molecule has 1 aromatic carbocycles. The molecule has 1 aliphatic carbocycles. The minimum Gasteiger partial charge on any atom is -0.361 e. The number of rotatable bonds is 6. The van der Waals surface area contributed by atoms with E-state index in [2.05, 4.69) is 21.5 Å². The van der Waals surface area contributed by atoms with Gasteiger partial charge < -0.3 is 10.3 Å². The Kier molecular flexibility index (Phi) is 6.90. The molecule has 2 atom stereocenters. The van der Waals surface area contributed by atoms with Gasteiger partial charge in [0.05, 0.1) is 0 Å². The number of benzene rings is 1.